The molecule has 1 aromatic rings. The molecule has 7 nitrogen and oxygen atoms in total. The zero-order valence-corrected chi connectivity index (χ0v) is 12.8. The highest BCUT2D eigenvalue weighted by Gasteiger charge is 2.18. The molecule has 0 atom stereocenters. The summed E-state index contributed by atoms with van der Waals surface area (Å²) in [6.07, 6.45) is 2.06. The summed E-state index contributed by atoms with van der Waals surface area (Å²) in [6, 6.07) is 1.65. The Labute approximate surface area is 119 Å². The minimum atomic E-state index is -3.60. The maximum absolute atomic E-state index is 12.0. The molecule has 0 aliphatic rings. The molecule has 0 aliphatic carbocycles. The van der Waals surface area contributed by atoms with E-state index in [4.69, 9.17) is 5.73 Å². The van der Waals surface area contributed by atoms with Gasteiger partial charge >= 0.3 is 0 Å². The van der Waals surface area contributed by atoms with Gasteiger partial charge in [0.1, 0.15) is 10.6 Å². The third kappa shape index (κ3) is 4.62. The predicted octanol–water partition coefficient (Wildman–Crippen LogP) is -0.210. The molecule has 1 aromatic heterocycles. The lowest BCUT2D eigenvalue weighted by Crippen LogP contribution is -2.29. The summed E-state index contributed by atoms with van der Waals surface area (Å²) in [4.78, 5) is 11.1. The van der Waals surface area contributed by atoms with Crippen molar-refractivity contribution in [2.75, 3.05) is 13.1 Å². The van der Waals surface area contributed by atoms with E-state index in [1.165, 1.54) is 16.8 Å². The molecule has 0 radical (unpaired) electrons. The summed E-state index contributed by atoms with van der Waals surface area (Å²) in [5, 5.41) is 3.20. The van der Waals surface area contributed by atoms with Crippen molar-refractivity contribution in [2.24, 2.45) is 12.8 Å². The smallest absolute Gasteiger partial charge is 0.265 e. The van der Waals surface area contributed by atoms with Gasteiger partial charge in [0.05, 0.1) is 0 Å². The van der Waals surface area contributed by atoms with Gasteiger partial charge in [-0.3, -0.25) is 4.79 Å². The Kier molecular flexibility index (Phi) is 5.73. The van der Waals surface area contributed by atoms with Gasteiger partial charge in [0.2, 0.25) is 10.0 Å². The van der Waals surface area contributed by atoms with Crippen molar-refractivity contribution < 1.29 is 13.2 Å². The Morgan fingerprint density at radius 2 is 2.05 bits per heavy atom. The second kappa shape index (κ2) is 6.87. The van der Waals surface area contributed by atoms with Crippen LogP contribution in [0.5, 0.6) is 0 Å². The van der Waals surface area contributed by atoms with E-state index < -0.39 is 15.9 Å². The summed E-state index contributed by atoms with van der Waals surface area (Å²) in [6.45, 7) is 5.13. The van der Waals surface area contributed by atoms with Crippen molar-refractivity contribution in [3.05, 3.63) is 18.0 Å². The van der Waals surface area contributed by atoms with Crippen molar-refractivity contribution in [3.8, 4) is 0 Å². The molecule has 0 aromatic carbocycles. The van der Waals surface area contributed by atoms with Gasteiger partial charge in [-0.25, -0.2) is 13.1 Å². The number of primary amides is 1. The number of sulfonamides is 1. The van der Waals surface area contributed by atoms with Crippen LogP contribution in [-0.2, 0) is 17.1 Å². The fourth-order valence-electron chi connectivity index (χ4n) is 1.70. The van der Waals surface area contributed by atoms with Gasteiger partial charge in [-0.05, 0) is 19.0 Å². The molecule has 114 valence electrons. The SMILES string of the molecule is CC(C)NCCCNS(=O)(=O)c1cc(C(N)=O)n(C)c1. The number of hydrogen-bond donors (Lipinski definition) is 3. The zero-order chi connectivity index (χ0) is 15.3. The molecule has 8 heteroatoms. The van der Waals surface area contributed by atoms with Crippen LogP contribution < -0.4 is 15.8 Å². The highest BCUT2D eigenvalue weighted by atomic mass is 32.2. The summed E-state index contributed by atoms with van der Waals surface area (Å²) in [5.74, 6) is -0.657. The maximum atomic E-state index is 12.0. The quantitative estimate of drug-likeness (QED) is 0.578. The fourth-order valence-corrected chi connectivity index (χ4v) is 2.84. The second-order valence-electron chi connectivity index (χ2n) is 4.90. The van der Waals surface area contributed by atoms with Crippen molar-refractivity contribution in [1.29, 1.82) is 0 Å². The molecule has 0 fully saturated rings. The zero-order valence-electron chi connectivity index (χ0n) is 12.0. The van der Waals surface area contributed by atoms with Gasteiger partial charge in [-0.15, -0.1) is 0 Å². The molecule has 0 bridgehead atoms. The summed E-state index contributed by atoms with van der Waals surface area (Å²) < 4.78 is 27.9. The third-order valence-corrected chi connectivity index (χ3v) is 4.17. The first kappa shape index (κ1) is 16.7. The normalized spacial score (nSPS) is 12.0. The molecular formula is C12H22N4O3S. The number of carbonyl (C=O) groups excluding carboxylic acids is 1. The van der Waals surface area contributed by atoms with Gasteiger partial charge in [0.15, 0.2) is 0 Å². The highest BCUT2D eigenvalue weighted by Crippen LogP contribution is 2.12. The van der Waals surface area contributed by atoms with Crippen LogP contribution in [-0.4, -0.2) is 38.0 Å². The van der Waals surface area contributed by atoms with E-state index in [9.17, 15) is 13.2 Å². The standard InChI is InChI=1S/C12H22N4O3S/c1-9(2)14-5-4-6-15-20(18,19)10-7-11(12(13)17)16(3)8-10/h7-9,14-15H,4-6H2,1-3H3,(H2,13,17). The Balaban J connectivity index is 2.61. The van der Waals surface area contributed by atoms with Crippen molar-refractivity contribution in [3.63, 3.8) is 0 Å². The van der Waals surface area contributed by atoms with Crippen LogP contribution in [0.15, 0.2) is 17.2 Å². The van der Waals surface area contributed by atoms with E-state index >= 15 is 0 Å². The molecule has 1 amide bonds. The number of nitrogens with one attached hydrogen (secondary N) is 2. The van der Waals surface area contributed by atoms with E-state index in [2.05, 4.69) is 10.0 Å². The first-order valence-electron chi connectivity index (χ1n) is 6.43. The van der Waals surface area contributed by atoms with E-state index in [1.54, 1.807) is 7.05 Å². The Morgan fingerprint density at radius 1 is 1.40 bits per heavy atom. The number of hydrogen-bond acceptors (Lipinski definition) is 4. The number of aryl methyl sites for hydroxylation is 1. The Hall–Kier alpha value is -1.38. The maximum Gasteiger partial charge on any atom is 0.265 e. The fraction of sp³-hybridized carbons (Fsp3) is 0.583. The molecule has 0 saturated heterocycles. The minimum absolute atomic E-state index is 0.0469. The molecule has 0 spiro atoms. The van der Waals surface area contributed by atoms with Crippen LogP contribution in [0.25, 0.3) is 0 Å². The number of rotatable bonds is 8. The van der Waals surface area contributed by atoms with Gasteiger partial charge in [0, 0.05) is 25.8 Å². The van der Waals surface area contributed by atoms with E-state index in [1.807, 2.05) is 13.8 Å². The molecule has 1 heterocycles. The topological polar surface area (TPSA) is 106 Å². The first-order valence-corrected chi connectivity index (χ1v) is 7.91. The molecule has 1 rings (SSSR count). The highest BCUT2D eigenvalue weighted by molar-refractivity contribution is 7.89. The average molecular weight is 302 g/mol. The lowest BCUT2D eigenvalue weighted by Gasteiger charge is -2.08. The third-order valence-electron chi connectivity index (χ3n) is 2.74. The second-order valence-corrected chi connectivity index (χ2v) is 6.66. The summed E-state index contributed by atoms with van der Waals surface area (Å²) >= 11 is 0. The van der Waals surface area contributed by atoms with Gasteiger partial charge in [0.25, 0.3) is 5.91 Å². The van der Waals surface area contributed by atoms with E-state index in [0.717, 1.165) is 6.54 Å². The molecule has 0 saturated carbocycles. The minimum Gasteiger partial charge on any atom is -0.364 e. The van der Waals surface area contributed by atoms with Crippen molar-refractivity contribution in [1.82, 2.24) is 14.6 Å². The van der Waals surface area contributed by atoms with Crippen LogP contribution in [0, 0.1) is 0 Å². The van der Waals surface area contributed by atoms with Crippen LogP contribution in [0.1, 0.15) is 30.8 Å². The Morgan fingerprint density at radius 3 is 2.55 bits per heavy atom. The molecule has 20 heavy (non-hydrogen) atoms. The molecular weight excluding hydrogens is 280 g/mol. The van der Waals surface area contributed by atoms with Crippen LogP contribution in [0.3, 0.4) is 0 Å². The molecule has 0 aliphatic heterocycles. The largest absolute Gasteiger partial charge is 0.364 e. The lowest BCUT2D eigenvalue weighted by molar-refractivity contribution is 0.0992. The summed E-state index contributed by atoms with van der Waals surface area (Å²) in [5.41, 5.74) is 5.32. The van der Waals surface area contributed by atoms with Gasteiger partial charge in [-0.2, -0.15) is 0 Å². The van der Waals surface area contributed by atoms with Crippen molar-refractivity contribution in [2.45, 2.75) is 31.2 Å². The first-order chi connectivity index (χ1) is 9.24. The van der Waals surface area contributed by atoms with E-state index in [-0.39, 0.29) is 10.6 Å². The van der Waals surface area contributed by atoms with Crippen LogP contribution in [0.2, 0.25) is 0 Å². The Bertz CT molecular complexity index is 563. The average Bonchev–Trinajstić information content (AvgIpc) is 2.71. The number of carbonyl (C=O) groups is 1. The number of nitrogens with two attached hydrogens (primary N) is 1. The van der Waals surface area contributed by atoms with Crippen LogP contribution in [0.4, 0.5) is 0 Å². The molecule has 0 unspecified atom stereocenters. The van der Waals surface area contributed by atoms with Crippen LogP contribution >= 0.6 is 0 Å². The van der Waals surface area contributed by atoms with Gasteiger partial charge < -0.3 is 15.6 Å². The van der Waals surface area contributed by atoms with E-state index in [0.29, 0.717) is 19.0 Å². The number of nitrogens with zero attached hydrogens (tertiary/aromatic N) is 1. The van der Waals surface area contributed by atoms with Crippen molar-refractivity contribution >= 4 is 15.9 Å². The summed E-state index contributed by atoms with van der Waals surface area (Å²) in [7, 11) is -2.03. The molecule has 4 N–H and O–H groups in total. The number of amides is 1. The number of aromatic nitrogens is 1. The monoisotopic (exact) mass is 302 g/mol. The predicted molar refractivity (Wildman–Crippen MR) is 76.9 cm³/mol. The lowest BCUT2D eigenvalue weighted by atomic mass is 10.3. The van der Waals surface area contributed by atoms with Gasteiger partial charge in [-0.1, -0.05) is 13.8 Å².